The number of hydrogen-bond donors (Lipinski definition) is 3. The molecule has 0 radical (unpaired) electrons. The summed E-state index contributed by atoms with van der Waals surface area (Å²) in [5.74, 6) is 1.93. The van der Waals surface area contributed by atoms with E-state index in [1.165, 1.54) is 13.4 Å². The molecule has 0 aliphatic carbocycles. The van der Waals surface area contributed by atoms with Gasteiger partial charge in [-0.2, -0.15) is 0 Å². The molecule has 3 rings (SSSR count). The van der Waals surface area contributed by atoms with Crippen molar-refractivity contribution in [2.45, 2.75) is 6.54 Å². The van der Waals surface area contributed by atoms with Crippen LogP contribution in [0.3, 0.4) is 0 Å². The third-order valence-electron chi connectivity index (χ3n) is 4.02. The molecule has 0 saturated carbocycles. The quantitative estimate of drug-likeness (QED) is 0.508. The Bertz CT molecular complexity index is 985. The predicted molar refractivity (Wildman–Crippen MR) is 113 cm³/mol. The lowest BCUT2D eigenvalue weighted by molar-refractivity contribution is 0.396. The molecule has 0 bridgehead atoms. The van der Waals surface area contributed by atoms with Gasteiger partial charge in [-0.05, 0) is 17.7 Å². The summed E-state index contributed by atoms with van der Waals surface area (Å²) in [6.07, 6.45) is 1.41. The van der Waals surface area contributed by atoms with Crippen LogP contribution in [-0.4, -0.2) is 24.2 Å². The van der Waals surface area contributed by atoms with Crippen molar-refractivity contribution in [3.05, 3.63) is 58.3 Å². The fraction of sp³-hybridized carbons (Fsp3) is 0.158. The first-order chi connectivity index (χ1) is 13.5. The summed E-state index contributed by atoms with van der Waals surface area (Å²) >= 11 is 12.4. The fourth-order valence-corrected chi connectivity index (χ4v) is 2.99. The van der Waals surface area contributed by atoms with Crippen LogP contribution in [0.15, 0.2) is 42.7 Å². The molecule has 9 heteroatoms. The average Bonchev–Trinajstić information content (AvgIpc) is 2.70. The van der Waals surface area contributed by atoms with Crippen molar-refractivity contribution in [1.82, 2.24) is 9.97 Å². The molecule has 0 fully saturated rings. The smallest absolute Gasteiger partial charge is 0.159 e. The SMILES string of the molecule is COc1cc(OC)c(Nc2ncnc(NCc3ccccc3Cl)c2N)cc1Cl. The minimum atomic E-state index is 0.351. The van der Waals surface area contributed by atoms with Crippen LogP contribution in [0.5, 0.6) is 11.5 Å². The van der Waals surface area contributed by atoms with Crippen molar-refractivity contribution in [3.63, 3.8) is 0 Å². The second kappa shape index (κ2) is 8.86. The van der Waals surface area contributed by atoms with Crippen LogP contribution in [0, 0.1) is 0 Å². The van der Waals surface area contributed by atoms with E-state index in [1.807, 2.05) is 24.3 Å². The van der Waals surface area contributed by atoms with Gasteiger partial charge in [-0.25, -0.2) is 9.97 Å². The number of aromatic nitrogens is 2. The summed E-state index contributed by atoms with van der Waals surface area (Å²) in [6, 6.07) is 10.9. The summed E-state index contributed by atoms with van der Waals surface area (Å²) in [5.41, 5.74) is 8.11. The van der Waals surface area contributed by atoms with Crippen molar-refractivity contribution in [1.29, 1.82) is 0 Å². The molecule has 28 heavy (non-hydrogen) atoms. The third-order valence-corrected chi connectivity index (χ3v) is 4.68. The van der Waals surface area contributed by atoms with Gasteiger partial charge in [0.05, 0.1) is 24.9 Å². The summed E-state index contributed by atoms with van der Waals surface area (Å²) in [4.78, 5) is 8.42. The lowest BCUT2D eigenvalue weighted by atomic mass is 10.2. The highest BCUT2D eigenvalue weighted by molar-refractivity contribution is 6.32. The first-order valence-corrected chi connectivity index (χ1v) is 9.05. The number of halogens is 2. The van der Waals surface area contributed by atoms with Crippen LogP contribution < -0.4 is 25.8 Å². The Kier molecular flexibility index (Phi) is 6.28. The Morgan fingerprint density at radius 2 is 1.68 bits per heavy atom. The molecule has 0 aliphatic heterocycles. The minimum Gasteiger partial charge on any atom is -0.495 e. The summed E-state index contributed by atoms with van der Waals surface area (Å²) < 4.78 is 10.6. The molecule has 3 aromatic rings. The lowest BCUT2D eigenvalue weighted by Gasteiger charge is -2.16. The molecule has 1 aromatic heterocycles. The van der Waals surface area contributed by atoms with Crippen LogP contribution in [0.25, 0.3) is 0 Å². The van der Waals surface area contributed by atoms with E-state index in [0.29, 0.717) is 51.1 Å². The number of methoxy groups -OCH3 is 2. The Balaban J connectivity index is 1.84. The third kappa shape index (κ3) is 4.32. The molecule has 7 nitrogen and oxygen atoms in total. The van der Waals surface area contributed by atoms with E-state index in [4.69, 9.17) is 38.4 Å². The highest BCUT2D eigenvalue weighted by Gasteiger charge is 2.14. The lowest BCUT2D eigenvalue weighted by Crippen LogP contribution is -2.08. The maximum Gasteiger partial charge on any atom is 0.159 e. The molecular formula is C19H19Cl2N5O2. The van der Waals surface area contributed by atoms with E-state index < -0.39 is 0 Å². The van der Waals surface area contributed by atoms with Crippen LogP contribution in [-0.2, 0) is 6.54 Å². The average molecular weight is 420 g/mol. The zero-order valence-corrected chi connectivity index (χ0v) is 16.8. The zero-order chi connectivity index (χ0) is 20.1. The van der Waals surface area contributed by atoms with Gasteiger partial charge in [-0.3, -0.25) is 0 Å². The molecule has 1 heterocycles. The molecule has 0 unspecified atom stereocenters. The Hall–Kier alpha value is -2.90. The Morgan fingerprint density at radius 3 is 2.39 bits per heavy atom. The molecule has 2 aromatic carbocycles. The van der Waals surface area contributed by atoms with Crippen molar-refractivity contribution in [2.75, 3.05) is 30.6 Å². The fourth-order valence-electron chi connectivity index (χ4n) is 2.54. The van der Waals surface area contributed by atoms with Gasteiger partial charge in [-0.1, -0.05) is 41.4 Å². The molecule has 0 aliphatic rings. The zero-order valence-electron chi connectivity index (χ0n) is 15.3. The van der Waals surface area contributed by atoms with E-state index in [2.05, 4.69) is 20.6 Å². The largest absolute Gasteiger partial charge is 0.495 e. The maximum atomic E-state index is 6.24. The van der Waals surface area contributed by atoms with Gasteiger partial charge in [0.25, 0.3) is 0 Å². The summed E-state index contributed by atoms with van der Waals surface area (Å²) in [6.45, 7) is 0.470. The van der Waals surface area contributed by atoms with Crippen LogP contribution in [0.2, 0.25) is 10.0 Å². The first kappa shape index (κ1) is 19.9. The van der Waals surface area contributed by atoms with E-state index in [9.17, 15) is 0 Å². The number of hydrogen-bond acceptors (Lipinski definition) is 7. The topological polar surface area (TPSA) is 94.3 Å². The highest BCUT2D eigenvalue weighted by Crippen LogP contribution is 2.38. The highest BCUT2D eigenvalue weighted by atomic mass is 35.5. The number of rotatable bonds is 7. The number of benzene rings is 2. The molecule has 0 saturated heterocycles. The van der Waals surface area contributed by atoms with E-state index in [0.717, 1.165) is 5.56 Å². The second-order valence-corrected chi connectivity index (χ2v) is 6.56. The minimum absolute atomic E-state index is 0.351. The first-order valence-electron chi connectivity index (χ1n) is 8.29. The number of nitrogens with one attached hydrogen (secondary N) is 2. The van der Waals surface area contributed by atoms with Crippen LogP contribution in [0.1, 0.15) is 5.56 Å². The van der Waals surface area contributed by atoms with Crippen molar-refractivity contribution >= 4 is 46.2 Å². The van der Waals surface area contributed by atoms with Gasteiger partial charge in [-0.15, -0.1) is 0 Å². The Morgan fingerprint density at radius 1 is 0.964 bits per heavy atom. The molecule has 0 amide bonds. The van der Waals surface area contributed by atoms with Gasteiger partial charge in [0.2, 0.25) is 0 Å². The van der Waals surface area contributed by atoms with Gasteiger partial charge < -0.3 is 25.8 Å². The van der Waals surface area contributed by atoms with Crippen LogP contribution in [0.4, 0.5) is 23.0 Å². The number of anilines is 4. The standard InChI is InChI=1S/C19H19Cl2N5O2/c1-27-15-8-16(28-2)14(7-13(15)21)26-19-17(22)18(24-10-25-19)23-9-11-5-3-4-6-12(11)20/h3-8,10H,9,22H2,1-2H3,(H2,23,24,25,26). The van der Waals surface area contributed by atoms with Gasteiger partial charge in [0, 0.05) is 17.6 Å². The Labute approximate surface area is 172 Å². The monoisotopic (exact) mass is 419 g/mol. The number of nitrogens with zero attached hydrogens (tertiary/aromatic N) is 2. The number of ether oxygens (including phenoxy) is 2. The molecule has 0 spiro atoms. The van der Waals surface area contributed by atoms with Crippen molar-refractivity contribution < 1.29 is 9.47 Å². The predicted octanol–water partition coefficient (Wildman–Crippen LogP) is 4.74. The normalized spacial score (nSPS) is 10.4. The van der Waals surface area contributed by atoms with E-state index in [1.54, 1.807) is 19.2 Å². The summed E-state index contributed by atoms with van der Waals surface area (Å²) in [7, 11) is 3.08. The van der Waals surface area contributed by atoms with Crippen molar-refractivity contribution in [2.24, 2.45) is 0 Å². The maximum absolute atomic E-state index is 6.24. The molecule has 0 atom stereocenters. The number of nitrogens with two attached hydrogens (primary N) is 1. The second-order valence-electron chi connectivity index (χ2n) is 5.74. The van der Waals surface area contributed by atoms with E-state index in [-0.39, 0.29) is 0 Å². The molecule has 146 valence electrons. The van der Waals surface area contributed by atoms with Gasteiger partial charge in [0.1, 0.15) is 23.5 Å². The van der Waals surface area contributed by atoms with Crippen LogP contribution >= 0.6 is 23.2 Å². The molecule has 4 N–H and O–H groups in total. The van der Waals surface area contributed by atoms with Gasteiger partial charge >= 0.3 is 0 Å². The van der Waals surface area contributed by atoms with Gasteiger partial charge in [0.15, 0.2) is 11.6 Å². The number of nitrogen functional groups attached to an aromatic ring is 1. The molecular weight excluding hydrogens is 401 g/mol. The summed E-state index contributed by atoms with van der Waals surface area (Å²) in [5, 5.41) is 7.39. The van der Waals surface area contributed by atoms with Crippen molar-refractivity contribution in [3.8, 4) is 11.5 Å². The van der Waals surface area contributed by atoms with E-state index >= 15 is 0 Å².